The second-order valence-electron chi connectivity index (χ2n) is 5.55. The molecule has 0 aliphatic heterocycles. The van der Waals surface area contributed by atoms with E-state index in [0.717, 1.165) is 0 Å². The van der Waals surface area contributed by atoms with Gasteiger partial charge in [0.05, 0.1) is 33.7 Å². The zero-order valence-electron chi connectivity index (χ0n) is 17.1. The van der Waals surface area contributed by atoms with Gasteiger partial charge >= 0.3 is 147 Å². The third-order valence-electron chi connectivity index (χ3n) is 3.33. The molecule has 0 N–H and O–H groups in total. The van der Waals surface area contributed by atoms with E-state index in [9.17, 15) is 65.5 Å². The van der Waals surface area contributed by atoms with Crippen LogP contribution in [0.2, 0.25) is 0 Å². The normalized spacial score (nSPS) is 10.1. The molecule has 0 aliphatic rings. The summed E-state index contributed by atoms with van der Waals surface area (Å²) in [4.78, 5) is 39.8. The second kappa shape index (κ2) is 16.7. The van der Waals surface area contributed by atoms with Crippen molar-refractivity contribution in [3.05, 3.63) is 58.7 Å². The fourth-order valence-electron chi connectivity index (χ4n) is 1.96. The van der Waals surface area contributed by atoms with Crippen LogP contribution < -0.4 is 20.4 Å². The van der Waals surface area contributed by atoms with Crippen LogP contribution in [0.3, 0.4) is 0 Å². The summed E-state index contributed by atoms with van der Waals surface area (Å²) in [5.41, 5.74) is -2.90. The topological polar surface area (TPSA) is 275 Å². The van der Waals surface area contributed by atoms with Crippen molar-refractivity contribution >= 4 is 191 Å². The number of carboxylic acids is 4. The van der Waals surface area contributed by atoms with Gasteiger partial charge in [-0.2, -0.15) is 0 Å². The van der Waals surface area contributed by atoms with E-state index in [1.165, 1.54) is 0 Å². The maximum Gasteiger partial charge on any atom is 2.00 e. The van der Waals surface area contributed by atoms with Gasteiger partial charge in [-0.3, -0.25) is 0 Å². The monoisotopic (exact) mass is 900 g/mol. The number of rotatable bonds is 6. The number of carboxylic acid groups (broad SMARTS) is 4. The molecule has 0 spiro atoms. The molecule has 0 heterocycles. The van der Waals surface area contributed by atoms with Crippen LogP contribution in [0.1, 0.15) is 41.4 Å². The van der Waals surface area contributed by atoms with E-state index < -0.39 is 76.2 Å². The average Bonchev–Trinajstić information content (AvgIpc) is 2.66. The quantitative estimate of drug-likeness (QED) is 0.193. The van der Waals surface area contributed by atoms with E-state index in [2.05, 4.69) is 0 Å². The SMILES string of the molecule is O=C([O-])c1cc(C(=O)[O-])cc(S(=O)(=O)[O-])c1.O=C([O-])c1cc(C(=O)[O-])cc(S(=O)(=O)[O-])c1.[Ba+2].[Ba+2].[Ba+2]. The van der Waals surface area contributed by atoms with Crippen LogP contribution in [-0.4, -0.2) is 196 Å². The Bertz CT molecular complexity index is 1170. The van der Waals surface area contributed by atoms with Crippen molar-refractivity contribution in [2.24, 2.45) is 0 Å². The Morgan fingerprint density at radius 2 is 0.629 bits per heavy atom. The van der Waals surface area contributed by atoms with Crippen LogP contribution in [0.15, 0.2) is 46.2 Å². The van der Waals surface area contributed by atoms with Crippen molar-refractivity contribution < 1.29 is 65.5 Å². The molecule has 0 bridgehead atoms. The van der Waals surface area contributed by atoms with Crippen molar-refractivity contribution in [3.63, 3.8) is 0 Å². The summed E-state index contributed by atoms with van der Waals surface area (Å²) < 4.78 is 63.6. The summed E-state index contributed by atoms with van der Waals surface area (Å²) in [5, 5.41) is 41.7. The molecule has 0 saturated carbocycles. The molecule has 35 heavy (non-hydrogen) atoms. The number of carbonyl (C=O) groups excluding carboxylic acids is 4. The first-order valence-corrected chi connectivity index (χ1v) is 10.3. The predicted octanol–water partition coefficient (Wildman–Crippen LogP) is -6.51. The van der Waals surface area contributed by atoms with Crippen LogP contribution in [0.4, 0.5) is 0 Å². The molecule has 0 amide bonds. The van der Waals surface area contributed by atoms with Crippen LogP contribution >= 0.6 is 0 Å². The van der Waals surface area contributed by atoms with Crippen LogP contribution in [-0.2, 0) is 20.2 Å². The Hall–Kier alpha value is 0.854. The summed E-state index contributed by atoms with van der Waals surface area (Å²) >= 11 is 0. The number of aromatic carboxylic acids is 4. The van der Waals surface area contributed by atoms with Crippen molar-refractivity contribution in [1.82, 2.24) is 0 Å². The van der Waals surface area contributed by atoms with Gasteiger partial charge in [0.15, 0.2) is 0 Å². The average molecular weight is 898 g/mol. The Kier molecular flexibility index (Phi) is 19.3. The number of carbonyl (C=O) groups is 4. The number of benzene rings is 2. The van der Waals surface area contributed by atoms with Crippen LogP contribution in [0, 0.1) is 0 Å². The maximum atomic E-state index is 10.6. The van der Waals surface area contributed by atoms with Gasteiger partial charge in [0, 0.05) is 0 Å². The van der Waals surface area contributed by atoms with Gasteiger partial charge < -0.3 is 48.7 Å². The molecule has 0 radical (unpaired) electrons. The third-order valence-corrected chi connectivity index (χ3v) is 4.96. The second-order valence-corrected chi connectivity index (χ2v) is 8.31. The van der Waals surface area contributed by atoms with Crippen molar-refractivity contribution in [2.45, 2.75) is 9.79 Å². The minimum Gasteiger partial charge on any atom is -0.744 e. The van der Waals surface area contributed by atoms with Crippen molar-refractivity contribution in [1.29, 1.82) is 0 Å². The zero-order valence-corrected chi connectivity index (χ0v) is 32.1. The molecule has 14 nitrogen and oxygen atoms in total. The number of hydrogen-bond donors (Lipinski definition) is 0. The first-order valence-electron chi connectivity index (χ1n) is 7.51. The van der Waals surface area contributed by atoms with E-state index in [-0.39, 0.29) is 147 Å². The molecule has 0 aliphatic carbocycles. The molecular weight excluding hydrogens is 892 g/mol. The van der Waals surface area contributed by atoms with Gasteiger partial charge in [0.2, 0.25) is 0 Å². The van der Waals surface area contributed by atoms with E-state index in [1.807, 2.05) is 0 Å². The van der Waals surface area contributed by atoms with E-state index >= 15 is 0 Å². The van der Waals surface area contributed by atoms with Gasteiger partial charge in [-0.1, -0.05) is 0 Å². The Morgan fingerprint density at radius 3 is 0.743 bits per heavy atom. The molecule has 0 atom stereocenters. The predicted molar refractivity (Wildman–Crippen MR) is 103 cm³/mol. The van der Waals surface area contributed by atoms with Crippen molar-refractivity contribution in [2.75, 3.05) is 0 Å². The minimum absolute atomic E-state index is 0. The summed E-state index contributed by atoms with van der Waals surface area (Å²) in [6, 6.07) is 3.35. The molecule has 2 aromatic rings. The van der Waals surface area contributed by atoms with Gasteiger partial charge in [-0.25, -0.2) is 16.8 Å². The molecule has 2 rings (SSSR count). The molecular formula is C16H6Ba3O14S2. The first-order chi connectivity index (χ1) is 14.4. The van der Waals surface area contributed by atoms with E-state index in [1.54, 1.807) is 0 Å². The minimum atomic E-state index is -4.95. The molecule has 172 valence electrons. The summed E-state index contributed by atoms with van der Waals surface area (Å²) in [6.07, 6.45) is 0. The van der Waals surface area contributed by atoms with E-state index in [4.69, 9.17) is 0 Å². The molecule has 0 saturated heterocycles. The summed E-state index contributed by atoms with van der Waals surface area (Å²) in [5.74, 6) is -7.19. The Morgan fingerprint density at radius 1 is 0.457 bits per heavy atom. The van der Waals surface area contributed by atoms with E-state index in [0.29, 0.717) is 36.4 Å². The van der Waals surface area contributed by atoms with Crippen molar-refractivity contribution in [3.8, 4) is 0 Å². The fraction of sp³-hybridized carbons (Fsp3) is 0. The third kappa shape index (κ3) is 13.5. The van der Waals surface area contributed by atoms with Crippen LogP contribution in [0.25, 0.3) is 0 Å². The Labute approximate surface area is 318 Å². The molecule has 0 aromatic heterocycles. The fourth-order valence-corrected chi connectivity index (χ4v) is 3.04. The summed E-state index contributed by atoms with van der Waals surface area (Å²) in [7, 11) is -9.89. The van der Waals surface area contributed by atoms with Crippen LogP contribution in [0.5, 0.6) is 0 Å². The molecule has 19 heteroatoms. The number of hydrogen-bond acceptors (Lipinski definition) is 14. The first kappa shape index (κ1) is 40.4. The molecule has 0 unspecified atom stereocenters. The maximum absolute atomic E-state index is 10.6. The summed E-state index contributed by atoms with van der Waals surface area (Å²) in [6.45, 7) is 0. The Balaban J connectivity index is -0.000000539. The smallest absolute Gasteiger partial charge is 0.744 e. The van der Waals surface area contributed by atoms with Gasteiger partial charge in [-0.15, -0.1) is 0 Å². The standard InChI is InChI=1S/2C8H6O7S.3Ba/c2*9-7(10)4-1-5(8(11)12)3-6(2-4)16(13,14)15;;;/h2*1-3H,(H,9,10)(H,11,12)(H,13,14,15);;;/q;;3*+2/p-6. The van der Waals surface area contributed by atoms with Gasteiger partial charge in [0.25, 0.3) is 0 Å². The molecule has 0 fully saturated rings. The molecule has 2 aromatic carbocycles. The zero-order chi connectivity index (χ0) is 25.0. The largest absolute Gasteiger partial charge is 2.00 e. The van der Waals surface area contributed by atoms with Gasteiger partial charge in [-0.05, 0) is 58.7 Å². The van der Waals surface area contributed by atoms with Gasteiger partial charge in [0.1, 0.15) is 20.2 Å².